The van der Waals surface area contributed by atoms with Gasteiger partial charge in [-0.1, -0.05) is 30.2 Å². The molecule has 0 amide bonds. The highest BCUT2D eigenvalue weighted by Gasteiger charge is 2.30. The molecule has 36 heavy (non-hydrogen) atoms. The number of Topliss-reactive ketones (excluding diaryl/α,β-unsaturated/α-hetero) is 1. The van der Waals surface area contributed by atoms with Crippen LogP contribution >= 0.6 is 7.60 Å². The predicted octanol–water partition coefficient (Wildman–Crippen LogP) is 7.07. The molecule has 196 valence electrons. The summed E-state index contributed by atoms with van der Waals surface area (Å²) < 4.78 is 48.2. The fraction of sp³-hybridized carbons (Fsp3) is 0.464. The highest BCUT2D eigenvalue weighted by atomic mass is 32.2. The molecule has 0 spiro atoms. The van der Waals surface area contributed by atoms with Crippen LogP contribution in [0.15, 0.2) is 52.9 Å². The molecule has 0 fully saturated rings. The molecule has 3 rings (SSSR count). The van der Waals surface area contributed by atoms with Crippen molar-refractivity contribution in [3.8, 4) is 0 Å². The van der Waals surface area contributed by atoms with Gasteiger partial charge in [-0.3, -0.25) is 13.6 Å². The van der Waals surface area contributed by atoms with Crippen LogP contribution in [0.2, 0.25) is 0 Å². The first-order chi connectivity index (χ1) is 17.1. The van der Waals surface area contributed by atoms with Gasteiger partial charge in [-0.15, -0.1) is 0 Å². The number of halogens is 1. The van der Waals surface area contributed by atoms with Crippen LogP contribution in [0.5, 0.6) is 0 Å². The first-order valence-corrected chi connectivity index (χ1v) is 16.0. The van der Waals surface area contributed by atoms with Crippen LogP contribution < -0.4 is 0 Å². The van der Waals surface area contributed by atoms with Gasteiger partial charge in [0.05, 0.1) is 13.2 Å². The van der Waals surface area contributed by atoms with E-state index in [9.17, 15) is 18.0 Å². The Morgan fingerprint density at radius 1 is 1.08 bits per heavy atom. The molecule has 8 heteroatoms. The number of benzene rings is 2. The molecule has 0 saturated heterocycles. The third kappa shape index (κ3) is 7.79. The molecule has 3 unspecified atom stereocenters. The van der Waals surface area contributed by atoms with Crippen molar-refractivity contribution in [1.82, 2.24) is 0 Å². The SMILES string of the molecule is CCOP(C)(=O)OCCCCCC(=O)CC1=C(C)C(Cc2ccc(S(C)=O)cc2)c2ccc(F)cc21. The molecule has 0 N–H and O–H groups in total. The summed E-state index contributed by atoms with van der Waals surface area (Å²) in [7, 11) is -4.00. The summed E-state index contributed by atoms with van der Waals surface area (Å²) in [6, 6.07) is 12.6. The summed E-state index contributed by atoms with van der Waals surface area (Å²) in [5.41, 5.74) is 5.03. The maximum absolute atomic E-state index is 14.2. The highest BCUT2D eigenvalue weighted by molar-refractivity contribution is 7.84. The largest absolute Gasteiger partial charge is 0.327 e. The highest BCUT2D eigenvalue weighted by Crippen LogP contribution is 2.45. The van der Waals surface area contributed by atoms with E-state index in [-0.39, 0.29) is 23.9 Å². The Labute approximate surface area is 216 Å². The van der Waals surface area contributed by atoms with E-state index in [0.29, 0.717) is 26.1 Å². The number of rotatable bonds is 14. The van der Waals surface area contributed by atoms with Crippen LogP contribution in [0, 0.1) is 5.82 Å². The smallest absolute Gasteiger partial charge is 0.309 e. The van der Waals surface area contributed by atoms with Gasteiger partial charge in [-0.25, -0.2) is 4.39 Å². The Hall–Kier alpha value is -1.92. The number of allylic oxidation sites excluding steroid dienone is 2. The minimum absolute atomic E-state index is 0.0774. The molecule has 0 aromatic heterocycles. The minimum atomic E-state index is -2.98. The van der Waals surface area contributed by atoms with Crippen LogP contribution in [-0.2, 0) is 35.6 Å². The van der Waals surface area contributed by atoms with Gasteiger partial charge < -0.3 is 9.05 Å². The minimum Gasteiger partial charge on any atom is -0.309 e. The van der Waals surface area contributed by atoms with Crippen LogP contribution in [-0.4, -0.2) is 36.1 Å². The van der Waals surface area contributed by atoms with Gasteiger partial charge in [-0.05, 0) is 79.6 Å². The van der Waals surface area contributed by atoms with Gasteiger partial charge in [0.2, 0.25) is 0 Å². The van der Waals surface area contributed by atoms with E-state index in [2.05, 4.69) is 0 Å². The number of hydrogen-bond donors (Lipinski definition) is 0. The molecular weight excluding hydrogens is 498 g/mol. The molecule has 5 nitrogen and oxygen atoms in total. The van der Waals surface area contributed by atoms with Gasteiger partial charge >= 0.3 is 7.60 Å². The molecule has 0 heterocycles. The third-order valence-electron chi connectivity index (χ3n) is 6.57. The maximum Gasteiger partial charge on any atom is 0.327 e. The van der Waals surface area contributed by atoms with Crippen molar-refractivity contribution in [2.24, 2.45) is 0 Å². The Morgan fingerprint density at radius 3 is 2.47 bits per heavy atom. The van der Waals surface area contributed by atoms with Crippen LogP contribution in [0.1, 0.15) is 68.6 Å². The van der Waals surface area contributed by atoms with E-state index in [4.69, 9.17) is 9.05 Å². The fourth-order valence-electron chi connectivity index (χ4n) is 4.69. The third-order valence-corrected chi connectivity index (χ3v) is 8.89. The van der Waals surface area contributed by atoms with Gasteiger partial charge in [0, 0.05) is 47.4 Å². The number of hydrogen-bond acceptors (Lipinski definition) is 5. The number of carbonyl (C=O) groups is 1. The van der Waals surface area contributed by atoms with Crippen molar-refractivity contribution in [3.05, 3.63) is 70.5 Å². The Morgan fingerprint density at radius 2 is 1.81 bits per heavy atom. The van der Waals surface area contributed by atoms with Crippen molar-refractivity contribution in [3.63, 3.8) is 0 Å². The van der Waals surface area contributed by atoms with Gasteiger partial charge in [0.25, 0.3) is 0 Å². The van der Waals surface area contributed by atoms with E-state index in [1.807, 2.05) is 37.3 Å². The zero-order valence-electron chi connectivity index (χ0n) is 21.6. The number of fused-ring (bicyclic) bond motifs is 1. The second-order valence-electron chi connectivity index (χ2n) is 9.30. The van der Waals surface area contributed by atoms with Crippen molar-refractivity contribution in [2.75, 3.05) is 26.1 Å². The quantitative estimate of drug-likeness (QED) is 0.191. The first-order valence-electron chi connectivity index (χ1n) is 12.4. The molecule has 0 aliphatic heterocycles. The summed E-state index contributed by atoms with van der Waals surface area (Å²) in [5, 5.41) is 0. The molecule has 1 aliphatic carbocycles. The lowest BCUT2D eigenvalue weighted by Gasteiger charge is -2.15. The standard InChI is InChI=1S/C28H36FO5PS/c1-5-33-35(3,31)34-16-8-6-7-9-23(30)19-27-20(2)26(25-15-12-22(29)18-28(25)27)17-21-10-13-24(14-11-21)36(4)32/h10-15,18,26H,5-9,16-17,19H2,1-4H3. The van der Waals surface area contributed by atoms with E-state index >= 15 is 0 Å². The molecule has 3 atom stereocenters. The van der Waals surface area contributed by atoms with Crippen molar-refractivity contribution >= 4 is 29.8 Å². The number of unbranched alkanes of at least 4 members (excludes halogenated alkanes) is 2. The molecule has 1 aliphatic rings. The Kier molecular flexibility index (Phi) is 10.4. The fourth-order valence-corrected chi connectivity index (χ4v) is 6.21. The Balaban J connectivity index is 1.61. The van der Waals surface area contributed by atoms with Crippen molar-refractivity contribution < 1.29 is 27.0 Å². The molecule has 0 saturated carbocycles. The summed E-state index contributed by atoms with van der Waals surface area (Å²) in [6.45, 7) is 5.97. The van der Waals surface area contributed by atoms with Gasteiger partial charge in [-0.2, -0.15) is 0 Å². The second-order valence-corrected chi connectivity index (χ2v) is 12.7. The van der Waals surface area contributed by atoms with E-state index in [0.717, 1.165) is 52.0 Å². The zero-order valence-corrected chi connectivity index (χ0v) is 23.3. The number of ketones is 1. The average molecular weight is 535 g/mol. The van der Waals surface area contributed by atoms with Crippen molar-refractivity contribution in [2.45, 2.75) is 63.2 Å². The second kappa shape index (κ2) is 13.0. The molecule has 2 aromatic rings. The lowest BCUT2D eigenvalue weighted by molar-refractivity contribution is -0.118. The van der Waals surface area contributed by atoms with Crippen LogP contribution in [0.4, 0.5) is 4.39 Å². The van der Waals surface area contributed by atoms with Crippen LogP contribution in [0.25, 0.3) is 5.57 Å². The average Bonchev–Trinajstić information content (AvgIpc) is 3.06. The monoisotopic (exact) mass is 534 g/mol. The maximum atomic E-state index is 14.2. The summed E-state index contributed by atoms with van der Waals surface area (Å²) in [5.74, 6) is -0.0952. The van der Waals surface area contributed by atoms with E-state index in [1.165, 1.54) is 12.7 Å². The first kappa shape index (κ1) is 28.6. The summed E-state index contributed by atoms with van der Waals surface area (Å²) in [6.07, 6.45) is 5.35. The van der Waals surface area contributed by atoms with E-state index < -0.39 is 18.4 Å². The van der Waals surface area contributed by atoms with Gasteiger partial charge in [0.1, 0.15) is 11.6 Å². The predicted molar refractivity (Wildman–Crippen MR) is 143 cm³/mol. The van der Waals surface area contributed by atoms with Crippen molar-refractivity contribution in [1.29, 1.82) is 0 Å². The van der Waals surface area contributed by atoms with Gasteiger partial charge in [0.15, 0.2) is 0 Å². The zero-order chi connectivity index (χ0) is 26.3. The summed E-state index contributed by atoms with van der Waals surface area (Å²) >= 11 is 0. The number of carbonyl (C=O) groups excluding carboxylic acids is 1. The molecular formula is C28H36FO5PS. The normalized spacial score (nSPS) is 17.6. The Bertz CT molecular complexity index is 1170. The summed E-state index contributed by atoms with van der Waals surface area (Å²) in [4.78, 5) is 13.6. The van der Waals surface area contributed by atoms with E-state index in [1.54, 1.807) is 19.2 Å². The topological polar surface area (TPSA) is 69.7 Å². The van der Waals surface area contributed by atoms with Crippen LogP contribution in [0.3, 0.4) is 0 Å². The molecule has 0 bridgehead atoms. The lowest BCUT2D eigenvalue weighted by atomic mass is 9.90. The molecule has 2 aromatic carbocycles. The molecule has 0 radical (unpaired) electrons. The lowest BCUT2D eigenvalue weighted by Crippen LogP contribution is -2.02.